The van der Waals surface area contributed by atoms with E-state index in [4.69, 9.17) is 21.4 Å². The van der Waals surface area contributed by atoms with E-state index in [0.29, 0.717) is 16.5 Å². The van der Waals surface area contributed by atoms with Gasteiger partial charge in [-0.05, 0) is 18.2 Å². The van der Waals surface area contributed by atoms with Gasteiger partial charge >= 0.3 is 5.97 Å². The molecule has 0 spiro atoms. The maximum atomic E-state index is 11.8. The van der Waals surface area contributed by atoms with Crippen molar-refractivity contribution in [2.75, 3.05) is 7.11 Å². The van der Waals surface area contributed by atoms with Crippen molar-refractivity contribution in [3.05, 3.63) is 45.3 Å². The first kappa shape index (κ1) is 12.3. The molecule has 0 bridgehead atoms. The van der Waals surface area contributed by atoms with E-state index in [2.05, 4.69) is 5.10 Å². The van der Waals surface area contributed by atoms with E-state index in [0.717, 1.165) is 10.9 Å². The predicted molar refractivity (Wildman–Crippen MR) is 64.9 cm³/mol. The Hall–Kier alpha value is -2.21. The van der Waals surface area contributed by atoms with Gasteiger partial charge in [0.15, 0.2) is 0 Å². The molecular formula is C11H9ClN2O4. The Balaban J connectivity index is 2.66. The molecule has 0 aliphatic carbocycles. The van der Waals surface area contributed by atoms with Crippen LogP contribution in [0.3, 0.4) is 0 Å². The molecule has 0 saturated carbocycles. The molecular weight excluding hydrogens is 260 g/mol. The molecule has 2 aromatic rings. The number of carboxylic acids is 1. The van der Waals surface area contributed by atoms with Crippen molar-refractivity contribution < 1.29 is 14.6 Å². The van der Waals surface area contributed by atoms with Crippen molar-refractivity contribution in [1.29, 1.82) is 0 Å². The summed E-state index contributed by atoms with van der Waals surface area (Å²) in [6.45, 7) is 0. The molecule has 0 amide bonds. The van der Waals surface area contributed by atoms with E-state index in [1.807, 2.05) is 0 Å². The number of nitrogens with one attached hydrogen (secondary N) is 1. The molecule has 0 saturated heterocycles. The number of hydrogen-bond acceptors (Lipinski definition) is 3. The first-order chi connectivity index (χ1) is 8.54. The number of carboxylic acid groups (broad SMARTS) is 1. The summed E-state index contributed by atoms with van der Waals surface area (Å²) < 4.78 is 6.16. The second kappa shape index (κ2) is 4.58. The maximum Gasteiger partial charge on any atom is 0.342 e. The summed E-state index contributed by atoms with van der Waals surface area (Å²) in [4.78, 5) is 22.6. The molecule has 0 atom stereocenters. The fraction of sp³-hybridized carbons (Fsp3) is 0.0909. The predicted octanol–water partition coefficient (Wildman–Crippen LogP) is 1.53. The van der Waals surface area contributed by atoms with E-state index in [1.165, 1.54) is 13.2 Å². The first-order valence-electron chi connectivity index (χ1n) is 4.92. The van der Waals surface area contributed by atoms with Crippen LogP contribution in [0.4, 0.5) is 0 Å². The minimum atomic E-state index is -1.30. The quantitative estimate of drug-likeness (QED) is 0.884. The molecule has 0 unspecified atom stereocenters. The molecule has 18 heavy (non-hydrogen) atoms. The monoisotopic (exact) mass is 268 g/mol. The molecule has 94 valence electrons. The zero-order chi connectivity index (χ0) is 13.3. The Labute approximate surface area is 106 Å². The summed E-state index contributed by atoms with van der Waals surface area (Å²) in [5.74, 6) is -0.892. The number of methoxy groups -OCH3 is 1. The van der Waals surface area contributed by atoms with Gasteiger partial charge in [0, 0.05) is 11.2 Å². The second-order valence-corrected chi connectivity index (χ2v) is 3.89. The van der Waals surface area contributed by atoms with Gasteiger partial charge in [0.25, 0.3) is 5.56 Å². The normalized spacial score (nSPS) is 10.3. The number of rotatable bonds is 3. The average molecular weight is 269 g/mol. The first-order valence-corrected chi connectivity index (χ1v) is 5.30. The number of aromatic carboxylic acids is 1. The molecule has 2 rings (SSSR count). The number of ether oxygens (including phenoxy) is 1. The van der Waals surface area contributed by atoms with Crippen LogP contribution in [-0.2, 0) is 0 Å². The fourth-order valence-corrected chi connectivity index (χ4v) is 1.71. The third-order valence-electron chi connectivity index (χ3n) is 2.38. The van der Waals surface area contributed by atoms with E-state index in [-0.39, 0.29) is 5.56 Å². The highest BCUT2D eigenvalue weighted by Gasteiger charge is 2.16. The van der Waals surface area contributed by atoms with Crippen LogP contribution in [0, 0.1) is 0 Å². The number of benzene rings is 1. The van der Waals surface area contributed by atoms with E-state index in [9.17, 15) is 9.59 Å². The van der Waals surface area contributed by atoms with E-state index in [1.54, 1.807) is 12.1 Å². The van der Waals surface area contributed by atoms with Crippen molar-refractivity contribution in [3.8, 4) is 11.4 Å². The van der Waals surface area contributed by atoms with Crippen LogP contribution in [0.1, 0.15) is 10.4 Å². The van der Waals surface area contributed by atoms with E-state index < -0.39 is 11.5 Å². The Kier molecular flexibility index (Phi) is 3.12. The lowest BCUT2D eigenvalue weighted by Crippen LogP contribution is -2.20. The molecule has 0 aliphatic heterocycles. The van der Waals surface area contributed by atoms with Gasteiger partial charge in [0.2, 0.25) is 0 Å². The molecule has 0 radical (unpaired) electrons. The Bertz CT molecular complexity index is 659. The minimum Gasteiger partial charge on any atom is -0.494 e. The molecule has 1 heterocycles. The van der Waals surface area contributed by atoms with Gasteiger partial charge in [0.1, 0.15) is 17.0 Å². The molecule has 1 aromatic carbocycles. The van der Waals surface area contributed by atoms with Crippen LogP contribution in [-0.4, -0.2) is 28.0 Å². The Morgan fingerprint density at radius 1 is 1.50 bits per heavy atom. The Morgan fingerprint density at radius 2 is 2.22 bits per heavy atom. The van der Waals surface area contributed by atoms with Gasteiger partial charge in [-0.3, -0.25) is 9.89 Å². The molecule has 2 N–H and O–H groups in total. The summed E-state index contributed by atoms with van der Waals surface area (Å²) in [6, 6.07) is 4.70. The summed E-state index contributed by atoms with van der Waals surface area (Å²) in [7, 11) is 1.44. The Morgan fingerprint density at radius 3 is 2.78 bits per heavy atom. The highest BCUT2D eigenvalue weighted by Crippen LogP contribution is 2.24. The summed E-state index contributed by atoms with van der Waals surface area (Å²) >= 11 is 5.84. The molecule has 1 aromatic heterocycles. The van der Waals surface area contributed by atoms with Crippen LogP contribution < -0.4 is 10.3 Å². The maximum absolute atomic E-state index is 11.8. The largest absolute Gasteiger partial charge is 0.494 e. The fourth-order valence-electron chi connectivity index (χ4n) is 1.54. The lowest BCUT2D eigenvalue weighted by Gasteiger charge is -2.08. The van der Waals surface area contributed by atoms with Crippen LogP contribution >= 0.6 is 11.6 Å². The SMILES string of the molecule is COc1ccc(Cl)cc1-n1[nH]cc(C(=O)O)c1=O. The topological polar surface area (TPSA) is 84.3 Å². The van der Waals surface area contributed by atoms with Crippen LogP contribution in [0.5, 0.6) is 5.75 Å². The molecule has 0 aliphatic rings. The van der Waals surface area contributed by atoms with Crippen molar-refractivity contribution >= 4 is 17.6 Å². The van der Waals surface area contributed by atoms with Gasteiger partial charge in [-0.2, -0.15) is 0 Å². The number of H-pyrrole nitrogens is 1. The highest BCUT2D eigenvalue weighted by atomic mass is 35.5. The molecule has 7 heteroatoms. The lowest BCUT2D eigenvalue weighted by atomic mass is 10.3. The van der Waals surface area contributed by atoms with Crippen LogP contribution in [0.15, 0.2) is 29.2 Å². The average Bonchev–Trinajstić information content (AvgIpc) is 2.71. The van der Waals surface area contributed by atoms with Crippen LogP contribution in [0.2, 0.25) is 5.02 Å². The number of nitrogens with zero attached hydrogens (tertiary/aromatic N) is 1. The summed E-state index contributed by atoms with van der Waals surface area (Å²) in [5, 5.41) is 11.8. The van der Waals surface area contributed by atoms with Gasteiger partial charge in [-0.15, -0.1) is 0 Å². The van der Waals surface area contributed by atoms with Gasteiger partial charge in [-0.1, -0.05) is 11.6 Å². The van der Waals surface area contributed by atoms with Crippen molar-refractivity contribution in [3.63, 3.8) is 0 Å². The lowest BCUT2D eigenvalue weighted by molar-refractivity contribution is 0.0695. The number of carbonyl (C=O) groups is 1. The van der Waals surface area contributed by atoms with E-state index >= 15 is 0 Å². The number of aromatic amines is 1. The standard InChI is InChI=1S/C11H9ClN2O4/c1-18-9-3-2-6(12)4-8(9)14-10(15)7(5-13-14)11(16)17/h2-5,13H,1H3,(H,16,17). The highest BCUT2D eigenvalue weighted by molar-refractivity contribution is 6.30. The summed E-state index contributed by atoms with van der Waals surface area (Å²) in [5.41, 5.74) is -0.678. The van der Waals surface area contributed by atoms with Crippen molar-refractivity contribution in [2.24, 2.45) is 0 Å². The zero-order valence-electron chi connectivity index (χ0n) is 9.31. The van der Waals surface area contributed by atoms with Crippen molar-refractivity contribution in [1.82, 2.24) is 9.78 Å². The number of aromatic nitrogens is 2. The molecule has 6 nitrogen and oxygen atoms in total. The number of halogens is 1. The van der Waals surface area contributed by atoms with Gasteiger partial charge < -0.3 is 9.84 Å². The third kappa shape index (κ3) is 1.98. The van der Waals surface area contributed by atoms with Gasteiger partial charge in [0.05, 0.1) is 7.11 Å². The zero-order valence-corrected chi connectivity index (χ0v) is 10.1. The van der Waals surface area contributed by atoms with Crippen molar-refractivity contribution in [2.45, 2.75) is 0 Å². The van der Waals surface area contributed by atoms with Gasteiger partial charge in [-0.25, -0.2) is 9.48 Å². The number of hydrogen-bond donors (Lipinski definition) is 2. The minimum absolute atomic E-state index is 0.350. The smallest absolute Gasteiger partial charge is 0.342 e. The third-order valence-corrected chi connectivity index (χ3v) is 2.62. The molecule has 0 fully saturated rings. The second-order valence-electron chi connectivity index (χ2n) is 3.45. The van der Waals surface area contributed by atoms with Crippen LogP contribution in [0.25, 0.3) is 5.69 Å². The summed E-state index contributed by atoms with van der Waals surface area (Å²) in [6.07, 6.45) is 1.12.